The SMILES string of the molecule is COC(=O)COc1ccc(C)c(-c2nsc3ccc(-n4c(=O)cc(C)n(C)c4=O)cc23)c1. The molecule has 0 amide bonds. The molecule has 32 heavy (non-hydrogen) atoms. The second kappa shape index (κ2) is 8.43. The molecule has 4 aromatic rings. The highest BCUT2D eigenvalue weighted by molar-refractivity contribution is 7.13. The van der Waals surface area contributed by atoms with Crippen molar-refractivity contribution in [2.75, 3.05) is 13.7 Å². The normalized spacial score (nSPS) is 11.0. The van der Waals surface area contributed by atoms with Gasteiger partial charge in [-0.25, -0.2) is 14.2 Å². The molecule has 2 aromatic heterocycles. The van der Waals surface area contributed by atoms with Crippen molar-refractivity contribution < 1.29 is 14.3 Å². The largest absolute Gasteiger partial charge is 0.482 e. The first-order valence-corrected chi connectivity index (χ1v) is 10.6. The molecule has 9 heteroatoms. The summed E-state index contributed by atoms with van der Waals surface area (Å²) in [5, 5.41) is 0.815. The second-order valence-corrected chi connectivity index (χ2v) is 8.16. The minimum Gasteiger partial charge on any atom is -0.482 e. The number of carbonyl (C=O) groups excluding carboxylic acids is 1. The lowest BCUT2D eigenvalue weighted by Gasteiger charge is -2.11. The van der Waals surface area contributed by atoms with Gasteiger partial charge in [0.05, 0.1) is 23.2 Å². The molecule has 164 valence electrons. The van der Waals surface area contributed by atoms with Crippen LogP contribution in [0.4, 0.5) is 0 Å². The number of carbonyl (C=O) groups is 1. The van der Waals surface area contributed by atoms with Crippen molar-refractivity contribution in [3.8, 4) is 22.7 Å². The summed E-state index contributed by atoms with van der Waals surface area (Å²) >= 11 is 1.33. The fourth-order valence-corrected chi connectivity index (χ4v) is 4.15. The Hall–Kier alpha value is -3.72. The Morgan fingerprint density at radius 1 is 1.09 bits per heavy atom. The first-order valence-electron chi connectivity index (χ1n) is 9.80. The average Bonchev–Trinajstić information content (AvgIpc) is 3.20. The van der Waals surface area contributed by atoms with E-state index in [1.165, 1.54) is 29.3 Å². The Labute approximate surface area is 187 Å². The zero-order valence-corrected chi connectivity index (χ0v) is 18.9. The van der Waals surface area contributed by atoms with Crippen molar-refractivity contribution in [1.29, 1.82) is 0 Å². The van der Waals surface area contributed by atoms with Crippen LogP contribution in [0.15, 0.2) is 52.1 Å². The molecule has 0 saturated carbocycles. The van der Waals surface area contributed by atoms with Crippen LogP contribution < -0.4 is 16.0 Å². The molecule has 2 heterocycles. The van der Waals surface area contributed by atoms with Gasteiger partial charge in [-0.1, -0.05) is 6.07 Å². The fourth-order valence-electron chi connectivity index (χ4n) is 3.38. The summed E-state index contributed by atoms with van der Waals surface area (Å²) in [6, 6.07) is 12.3. The first-order chi connectivity index (χ1) is 15.3. The Bertz CT molecular complexity index is 1470. The van der Waals surface area contributed by atoms with E-state index in [2.05, 4.69) is 9.11 Å². The van der Waals surface area contributed by atoms with E-state index in [4.69, 9.17) is 4.74 Å². The number of aryl methyl sites for hydroxylation is 2. The highest BCUT2D eigenvalue weighted by Gasteiger charge is 2.15. The molecular weight excluding hydrogens is 430 g/mol. The van der Waals surface area contributed by atoms with E-state index in [9.17, 15) is 14.4 Å². The van der Waals surface area contributed by atoms with Crippen molar-refractivity contribution in [3.05, 3.63) is 74.6 Å². The number of rotatable bonds is 5. The quantitative estimate of drug-likeness (QED) is 0.433. The van der Waals surface area contributed by atoms with Crippen molar-refractivity contribution >= 4 is 27.6 Å². The predicted molar refractivity (Wildman–Crippen MR) is 123 cm³/mol. The molecule has 0 N–H and O–H groups in total. The third-order valence-corrected chi connectivity index (χ3v) is 6.15. The average molecular weight is 452 g/mol. The van der Waals surface area contributed by atoms with Crippen molar-refractivity contribution in [3.63, 3.8) is 0 Å². The van der Waals surface area contributed by atoms with Gasteiger partial charge in [-0.15, -0.1) is 0 Å². The van der Waals surface area contributed by atoms with Crippen molar-refractivity contribution in [1.82, 2.24) is 13.5 Å². The number of aromatic nitrogens is 3. The second-order valence-electron chi connectivity index (χ2n) is 7.35. The lowest BCUT2D eigenvalue weighted by molar-refractivity contribution is -0.142. The Kier molecular flexibility index (Phi) is 5.67. The standard InChI is InChI=1S/C23H21N3O5S/c1-13-5-7-16(31-12-21(28)30-4)11-17(13)22-18-10-15(6-8-19(18)32-24-22)26-20(27)9-14(2)25(3)23(26)29/h5-11H,12H2,1-4H3. The summed E-state index contributed by atoms with van der Waals surface area (Å²) in [5.41, 5.74) is 2.79. The van der Waals surface area contributed by atoms with Gasteiger partial charge in [-0.3, -0.25) is 4.79 Å². The van der Waals surface area contributed by atoms with Gasteiger partial charge in [-0.05, 0) is 61.3 Å². The van der Waals surface area contributed by atoms with Gasteiger partial charge in [0, 0.05) is 29.8 Å². The van der Waals surface area contributed by atoms with Crippen LogP contribution in [0, 0.1) is 13.8 Å². The first kappa shape index (κ1) is 21.5. The maximum absolute atomic E-state index is 12.7. The van der Waals surface area contributed by atoms with Crippen LogP contribution in [0.25, 0.3) is 27.0 Å². The van der Waals surface area contributed by atoms with Crippen LogP contribution in [0.2, 0.25) is 0 Å². The van der Waals surface area contributed by atoms with E-state index >= 15 is 0 Å². The number of methoxy groups -OCH3 is 1. The minimum atomic E-state index is -0.471. The summed E-state index contributed by atoms with van der Waals surface area (Å²) in [5.74, 6) is 0.0397. The van der Waals surface area contributed by atoms with Gasteiger partial charge in [0.25, 0.3) is 5.56 Å². The summed E-state index contributed by atoms with van der Waals surface area (Å²) in [7, 11) is 2.94. The monoisotopic (exact) mass is 451 g/mol. The molecule has 0 spiro atoms. The zero-order valence-electron chi connectivity index (χ0n) is 18.0. The van der Waals surface area contributed by atoms with E-state index in [0.717, 1.165) is 25.8 Å². The number of ether oxygens (including phenoxy) is 2. The molecule has 0 atom stereocenters. The van der Waals surface area contributed by atoms with E-state index < -0.39 is 11.7 Å². The maximum atomic E-state index is 12.7. The minimum absolute atomic E-state index is 0.194. The zero-order chi connectivity index (χ0) is 23.0. The van der Waals surface area contributed by atoms with Gasteiger partial charge < -0.3 is 14.0 Å². The molecular formula is C23H21N3O5S. The van der Waals surface area contributed by atoms with Gasteiger partial charge in [0.15, 0.2) is 6.61 Å². The van der Waals surface area contributed by atoms with Gasteiger partial charge in [0.2, 0.25) is 0 Å². The Morgan fingerprint density at radius 3 is 2.62 bits per heavy atom. The van der Waals surface area contributed by atoms with E-state index in [1.807, 2.05) is 25.1 Å². The van der Waals surface area contributed by atoms with Gasteiger partial charge in [0.1, 0.15) is 5.75 Å². The molecule has 0 radical (unpaired) electrons. The number of benzene rings is 2. The van der Waals surface area contributed by atoms with Crippen LogP contribution in [0.3, 0.4) is 0 Å². The third kappa shape index (κ3) is 3.82. The summed E-state index contributed by atoms with van der Waals surface area (Å²) < 4.78 is 18.3. The fraction of sp³-hybridized carbons (Fsp3) is 0.217. The Balaban J connectivity index is 1.83. The summed E-state index contributed by atoms with van der Waals surface area (Å²) in [6.07, 6.45) is 0. The molecule has 0 bridgehead atoms. The van der Waals surface area contributed by atoms with Gasteiger partial charge >= 0.3 is 11.7 Å². The highest BCUT2D eigenvalue weighted by Crippen LogP contribution is 2.35. The van der Waals surface area contributed by atoms with Crippen LogP contribution in [-0.2, 0) is 16.6 Å². The number of hydrogen-bond donors (Lipinski definition) is 0. The van der Waals surface area contributed by atoms with Gasteiger partial charge in [-0.2, -0.15) is 4.37 Å². The van der Waals surface area contributed by atoms with Crippen molar-refractivity contribution in [2.45, 2.75) is 13.8 Å². The highest BCUT2D eigenvalue weighted by atomic mass is 32.1. The summed E-state index contributed by atoms with van der Waals surface area (Å²) in [4.78, 5) is 36.7. The number of hydrogen-bond acceptors (Lipinski definition) is 7. The molecule has 0 saturated heterocycles. The lowest BCUT2D eigenvalue weighted by atomic mass is 10.0. The molecule has 0 aliphatic carbocycles. The van der Waals surface area contributed by atoms with Crippen molar-refractivity contribution in [2.24, 2.45) is 7.05 Å². The van der Waals surface area contributed by atoms with Crippen LogP contribution in [0.1, 0.15) is 11.3 Å². The maximum Gasteiger partial charge on any atom is 0.343 e. The third-order valence-electron chi connectivity index (χ3n) is 5.32. The molecule has 0 aliphatic rings. The smallest absolute Gasteiger partial charge is 0.343 e. The van der Waals surface area contributed by atoms with Crippen LogP contribution >= 0.6 is 11.5 Å². The van der Waals surface area contributed by atoms with E-state index in [1.54, 1.807) is 32.2 Å². The number of nitrogens with zero attached hydrogens (tertiary/aromatic N) is 3. The van der Waals surface area contributed by atoms with Crippen LogP contribution in [0.5, 0.6) is 5.75 Å². The topological polar surface area (TPSA) is 92.4 Å². The molecule has 4 rings (SSSR count). The number of esters is 1. The molecule has 0 fully saturated rings. The van der Waals surface area contributed by atoms with E-state index in [-0.39, 0.29) is 12.2 Å². The Morgan fingerprint density at radius 2 is 1.88 bits per heavy atom. The molecule has 0 aliphatic heterocycles. The summed E-state index contributed by atoms with van der Waals surface area (Å²) in [6.45, 7) is 3.48. The molecule has 2 aromatic carbocycles. The van der Waals surface area contributed by atoms with Crippen LogP contribution in [-0.4, -0.2) is 33.2 Å². The lowest BCUT2D eigenvalue weighted by Crippen LogP contribution is -2.38. The molecule has 8 nitrogen and oxygen atoms in total. The van der Waals surface area contributed by atoms with E-state index in [0.29, 0.717) is 22.8 Å². The predicted octanol–water partition coefficient (Wildman–Crippen LogP) is 2.98. The number of fused-ring (bicyclic) bond motifs is 1. The molecule has 0 unspecified atom stereocenters.